The predicted molar refractivity (Wildman–Crippen MR) is 137 cm³/mol. The van der Waals surface area contributed by atoms with E-state index in [-0.39, 0.29) is 11.7 Å². The zero-order valence-electron chi connectivity index (χ0n) is 21.4. The van der Waals surface area contributed by atoms with E-state index in [0.29, 0.717) is 24.7 Å². The highest BCUT2D eigenvalue weighted by Crippen LogP contribution is 2.45. The van der Waals surface area contributed by atoms with E-state index in [9.17, 15) is 18.3 Å². The van der Waals surface area contributed by atoms with Crippen LogP contribution in [0.2, 0.25) is 0 Å². The first-order valence-electron chi connectivity index (χ1n) is 13.6. The van der Waals surface area contributed by atoms with Gasteiger partial charge < -0.3 is 14.7 Å². The van der Waals surface area contributed by atoms with Crippen LogP contribution in [0, 0.1) is 5.92 Å². The van der Waals surface area contributed by atoms with Crippen LogP contribution in [0.5, 0.6) is 5.75 Å². The topological polar surface area (TPSA) is 32.7 Å². The van der Waals surface area contributed by atoms with Crippen LogP contribution in [0.3, 0.4) is 0 Å². The van der Waals surface area contributed by atoms with Gasteiger partial charge in [-0.1, -0.05) is 68.7 Å². The summed E-state index contributed by atoms with van der Waals surface area (Å²) in [5.41, 5.74) is 1.28. The molecule has 0 amide bonds. The fourth-order valence-corrected chi connectivity index (χ4v) is 6.21. The fourth-order valence-electron chi connectivity index (χ4n) is 6.21. The second-order valence-corrected chi connectivity index (χ2v) is 11.0. The standard InChI is InChI=1S/C30H40F3NO2/c1-23(25-9-4-2-5-10-25)13-18-34-19-14-24(15-20-34)21-28(29(35)16-6-3-7-17-29)26-11-8-12-27(22-26)36-30(31,32)33/h2,4-5,8-12,22-24,28,35H,3,6-7,13-21H2,1H3/t23?,28-/m1/s1. The maximum atomic E-state index is 12.8. The average molecular weight is 504 g/mol. The molecule has 0 radical (unpaired) electrons. The molecular weight excluding hydrogens is 463 g/mol. The second kappa shape index (κ2) is 12.0. The Hall–Kier alpha value is -2.05. The highest BCUT2D eigenvalue weighted by atomic mass is 19.4. The van der Waals surface area contributed by atoms with Gasteiger partial charge in [-0.05, 0) is 93.3 Å². The summed E-state index contributed by atoms with van der Waals surface area (Å²) in [5, 5.41) is 11.7. The Balaban J connectivity index is 1.38. The molecule has 2 fully saturated rings. The van der Waals surface area contributed by atoms with Crippen molar-refractivity contribution in [3.8, 4) is 5.75 Å². The fraction of sp³-hybridized carbons (Fsp3) is 0.600. The van der Waals surface area contributed by atoms with E-state index < -0.39 is 12.0 Å². The van der Waals surface area contributed by atoms with Crippen LogP contribution in [0.1, 0.15) is 87.7 Å². The molecule has 4 rings (SSSR count). The Morgan fingerprint density at radius 3 is 2.31 bits per heavy atom. The van der Waals surface area contributed by atoms with Gasteiger partial charge in [0, 0.05) is 5.92 Å². The lowest BCUT2D eigenvalue weighted by molar-refractivity contribution is -0.274. The number of aliphatic hydroxyl groups is 1. The van der Waals surface area contributed by atoms with E-state index in [0.717, 1.165) is 70.1 Å². The van der Waals surface area contributed by atoms with Crippen LogP contribution in [-0.4, -0.2) is 41.6 Å². The molecule has 0 aromatic heterocycles. The first-order valence-corrected chi connectivity index (χ1v) is 13.6. The molecule has 1 saturated heterocycles. The third-order valence-electron chi connectivity index (χ3n) is 8.39. The maximum absolute atomic E-state index is 12.8. The Bertz CT molecular complexity index is 935. The van der Waals surface area contributed by atoms with E-state index >= 15 is 0 Å². The predicted octanol–water partition coefficient (Wildman–Crippen LogP) is 7.66. The van der Waals surface area contributed by atoms with E-state index in [4.69, 9.17) is 0 Å². The molecule has 1 aliphatic heterocycles. The van der Waals surface area contributed by atoms with Gasteiger partial charge in [0.1, 0.15) is 5.75 Å². The maximum Gasteiger partial charge on any atom is 0.573 e. The smallest absolute Gasteiger partial charge is 0.406 e. The molecule has 2 aliphatic rings. The van der Waals surface area contributed by atoms with Crippen molar-refractivity contribution in [2.24, 2.45) is 5.92 Å². The van der Waals surface area contributed by atoms with Gasteiger partial charge in [0.25, 0.3) is 0 Å². The number of piperidine rings is 1. The molecular formula is C30H40F3NO2. The van der Waals surface area contributed by atoms with Crippen molar-refractivity contribution >= 4 is 0 Å². The minimum Gasteiger partial charge on any atom is -0.406 e. The van der Waals surface area contributed by atoms with Crippen molar-refractivity contribution in [1.29, 1.82) is 0 Å². The highest BCUT2D eigenvalue weighted by Gasteiger charge is 2.40. The van der Waals surface area contributed by atoms with Crippen LogP contribution in [-0.2, 0) is 0 Å². The van der Waals surface area contributed by atoms with Crippen LogP contribution >= 0.6 is 0 Å². The van der Waals surface area contributed by atoms with Crippen LogP contribution in [0.25, 0.3) is 0 Å². The number of halogens is 3. The molecule has 2 aromatic rings. The van der Waals surface area contributed by atoms with Gasteiger partial charge in [-0.25, -0.2) is 0 Å². The molecule has 2 aromatic carbocycles. The molecule has 1 aliphatic carbocycles. The van der Waals surface area contributed by atoms with Crippen molar-refractivity contribution in [3.63, 3.8) is 0 Å². The van der Waals surface area contributed by atoms with E-state index in [1.807, 2.05) is 6.07 Å². The van der Waals surface area contributed by atoms with Gasteiger partial charge >= 0.3 is 6.36 Å². The number of alkyl halides is 3. The van der Waals surface area contributed by atoms with Gasteiger partial charge in [-0.15, -0.1) is 13.2 Å². The van der Waals surface area contributed by atoms with Gasteiger partial charge in [0.15, 0.2) is 0 Å². The number of rotatable bonds is 9. The molecule has 6 heteroatoms. The van der Waals surface area contributed by atoms with Gasteiger partial charge in [0.05, 0.1) is 5.60 Å². The van der Waals surface area contributed by atoms with E-state index in [1.165, 1.54) is 17.7 Å². The molecule has 1 unspecified atom stereocenters. The zero-order valence-corrected chi connectivity index (χ0v) is 21.4. The van der Waals surface area contributed by atoms with Crippen molar-refractivity contribution in [3.05, 3.63) is 65.7 Å². The lowest BCUT2D eigenvalue weighted by Crippen LogP contribution is -2.41. The largest absolute Gasteiger partial charge is 0.573 e. The van der Waals surface area contributed by atoms with E-state index in [1.54, 1.807) is 6.07 Å². The summed E-state index contributed by atoms with van der Waals surface area (Å²) >= 11 is 0. The third kappa shape index (κ3) is 7.48. The molecule has 1 saturated carbocycles. The van der Waals surface area contributed by atoms with Gasteiger partial charge in [-0.2, -0.15) is 0 Å². The summed E-state index contributed by atoms with van der Waals surface area (Å²) in [6, 6.07) is 16.9. The lowest BCUT2D eigenvalue weighted by Gasteiger charge is -2.42. The minimum atomic E-state index is -4.72. The Kier molecular flexibility index (Phi) is 9.00. The molecule has 0 spiro atoms. The Labute approximate surface area is 213 Å². The summed E-state index contributed by atoms with van der Waals surface area (Å²) in [5.74, 6) is 0.604. The monoisotopic (exact) mass is 503 g/mol. The number of ether oxygens (including phenoxy) is 1. The quantitative estimate of drug-likeness (QED) is 0.381. The average Bonchev–Trinajstić information content (AvgIpc) is 2.86. The van der Waals surface area contributed by atoms with Gasteiger partial charge in [-0.3, -0.25) is 0 Å². The van der Waals surface area contributed by atoms with Crippen molar-refractivity contribution in [1.82, 2.24) is 4.90 Å². The SMILES string of the molecule is CC(CCN1CCC(C[C@H](c2cccc(OC(F)(F)F)c2)C2(O)CCCCC2)CC1)c1ccccc1. The van der Waals surface area contributed by atoms with Crippen molar-refractivity contribution < 1.29 is 23.0 Å². The van der Waals surface area contributed by atoms with Gasteiger partial charge in [0.2, 0.25) is 0 Å². The summed E-state index contributed by atoms with van der Waals surface area (Å²) in [6.45, 7) is 5.43. The first-order chi connectivity index (χ1) is 17.2. The van der Waals surface area contributed by atoms with Crippen molar-refractivity contribution in [2.75, 3.05) is 19.6 Å². The minimum absolute atomic E-state index is 0.177. The number of hydrogen-bond acceptors (Lipinski definition) is 3. The summed E-state index contributed by atoms with van der Waals surface area (Å²) in [7, 11) is 0. The van der Waals surface area contributed by atoms with Crippen molar-refractivity contribution in [2.45, 2.75) is 88.5 Å². The molecule has 3 nitrogen and oxygen atoms in total. The number of nitrogens with zero attached hydrogens (tertiary/aromatic N) is 1. The summed E-state index contributed by atoms with van der Waals surface area (Å²) in [4.78, 5) is 2.54. The second-order valence-electron chi connectivity index (χ2n) is 11.0. The highest BCUT2D eigenvalue weighted by molar-refractivity contribution is 5.33. The molecule has 1 N–H and O–H groups in total. The number of benzene rings is 2. The Morgan fingerprint density at radius 1 is 0.972 bits per heavy atom. The molecule has 0 bridgehead atoms. The van der Waals surface area contributed by atoms with Crippen LogP contribution < -0.4 is 4.74 Å². The van der Waals surface area contributed by atoms with Crippen LogP contribution in [0.15, 0.2) is 54.6 Å². The number of likely N-dealkylation sites (tertiary alicyclic amines) is 1. The molecule has 198 valence electrons. The zero-order chi connectivity index (χ0) is 25.6. The lowest BCUT2D eigenvalue weighted by atomic mass is 9.68. The molecule has 2 atom stereocenters. The molecule has 36 heavy (non-hydrogen) atoms. The first kappa shape index (κ1) is 27.0. The normalized spacial score (nSPS) is 21.1. The Morgan fingerprint density at radius 2 is 1.64 bits per heavy atom. The number of hydrogen-bond donors (Lipinski definition) is 1. The summed E-state index contributed by atoms with van der Waals surface area (Å²) < 4.78 is 42.7. The third-order valence-corrected chi connectivity index (χ3v) is 8.39. The summed E-state index contributed by atoms with van der Waals surface area (Å²) in [6.07, 6.45) is 3.77. The van der Waals surface area contributed by atoms with Crippen LogP contribution in [0.4, 0.5) is 13.2 Å². The van der Waals surface area contributed by atoms with E-state index in [2.05, 4.69) is 46.9 Å². The molecule has 1 heterocycles.